The van der Waals surface area contributed by atoms with Crippen LogP contribution in [-0.4, -0.2) is 18.9 Å². The molecule has 1 aliphatic heterocycles. The molecule has 58 valence electrons. The zero-order valence-electron chi connectivity index (χ0n) is 5.95. The molecule has 11 heavy (non-hydrogen) atoms. The van der Waals surface area contributed by atoms with Crippen LogP contribution in [0, 0.1) is 11.8 Å². The normalized spacial score (nSPS) is 34.5. The van der Waals surface area contributed by atoms with Crippen molar-refractivity contribution in [1.29, 1.82) is 0 Å². The number of esters is 1. The third-order valence-corrected chi connectivity index (χ3v) is 2.37. The van der Waals surface area contributed by atoms with Gasteiger partial charge in [-0.1, -0.05) is 6.08 Å². The van der Waals surface area contributed by atoms with Gasteiger partial charge in [-0.2, -0.15) is 0 Å². The van der Waals surface area contributed by atoms with Crippen LogP contribution in [0.5, 0.6) is 0 Å². The van der Waals surface area contributed by atoms with Gasteiger partial charge in [-0.25, -0.2) is 0 Å². The minimum absolute atomic E-state index is 0.0556. The maximum absolute atomic E-state index is 10.9. The average Bonchev–Trinajstić information content (AvgIpc) is 2.53. The monoisotopic (exact) mass is 152 g/mol. The van der Waals surface area contributed by atoms with Gasteiger partial charge in [-0.15, -0.1) is 0 Å². The van der Waals surface area contributed by atoms with Crippen molar-refractivity contribution in [2.24, 2.45) is 11.8 Å². The molecule has 2 rings (SSSR count). The Labute approximate surface area is 64.0 Å². The summed E-state index contributed by atoms with van der Waals surface area (Å²) in [7, 11) is 0. The minimum Gasteiger partial charge on any atom is -0.465 e. The highest BCUT2D eigenvalue weighted by Crippen LogP contribution is 2.36. The van der Waals surface area contributed by atoms with E-state index < -0.39 is 0 Å². The maximum Gasteiger partial charge on any atom is 0.310 e. The van der Waals surface area contributed by atoms with Gasteiger partial charge in [0.15, 0.2) is 0 Å². The molecule has 0 bridgehead atoms. The summed E-state index contributed by atoms with van der Waals surface area (Å²) in [5.41, 5.74) is 0.737. The van der Waals surface area contributed by atoms with Crippen LogP contribution in [-0.2, 0) is 14.3 Å². The largest absolute Gasteiger partial charge is 0.465 e. The SMILES string of the molecule is O=CC1=CC[C@@H]2C(=O)OC[C@H]12. The fourth-order valence-electron chi connectivity index (χ4n) is 1.70. The molecule has 0 aromatic carbocycles. The summed E-state index contributed by atoms with van der Waals surface area (Å²) in [4.78, 5) is 21.4. The van der Waals surface area contributed by atoms with E-state index in [0.29, 0.717) is 13.0 Å². The van der Waals surface area contributed by atoms with E-state index in [9.17, 15) is 9.59 Å². The summed E-state index contributed by atoms with van der Waals surface area (Å²) in [5, 5.41) is 0. The Morgan fingerprint density at radius 1 is 1.55 bits per heavy atom. The summed E-state index contributed by atoms with van der Waals surface area (Å²) < 4.78 is 4.81. The summed E-state index contributed by atoms with van der Waals surface area (Å²) in [5.74, 6) is -0.154. The molecule has 3 nitrogen and oxygen atoms in total. The number of carbonyl (C=O) groups is 2. The molecule has 0 N–H and O–H groups in total. The van der Waals surface area contributed by atoms with Crippen LogP contribution in [0.1, 0.15) is 6.42 Å². The van der Waals surface area contributed by atoms with Crippen LogP contribution in [0.25, 0.3) is 0 Å². The van der Waals surface area contributed by atoms with Gasteiger partial charge in [0.1, 0.15) is 6.29 Å². The molecule has 1 saturated heterocycles. The van der Waals surface area contributed by atoms with Gasteiger partial charge in [-0.3, -0.25) is 9.59 Å². The number of carbonyl (C=O) groups excluding carboxylic acids is 2. The molecule has 0 aromatic heterocycles. The molecule has 0 amide bonds. The highest BCUT2D eigenvalue weighted by atomic mass is 16.5. The number of cyclic esters (lactones) is 1. The number of ether oxygens (including phenoxy) is 1. The molecule has 2 aliphatic rings. The van der Waals surface area contributed by atoms with Gasteiger partial charge in [0.2, 0.25) is 0 Å². The number of rotatable bonds is 1. The fourth-order valence-corrected chi connectivity index (χ4v) is 1.70. The summed E-state index contributed by atoms with van der Waals surface area (Å²) in [6.45, 7) is 0.397. The second-order valence-electron chi connectivity index (χ2n) is 2.90. The summed E-state index contributed by atoms with van der Waals surface area (Å²) in [6.07, 6.45) is 3.34. The van der Waals surface area contributed by atoms with E-state index in [1.54, 1.807) is 0 Å². The Balaban J connectivity index is 2.23. The van der Waals surface area contributed by atoms with Crippen molar-refractivity contribution in [3.63, 3.8) is 0 Å². The lowest BCUT2D eigenvalue weighted by atomic mass is 9.95. The standard InChI is InChI=1S/C8H8O3/c9-3-5-1-2-6-7(5)4-11-8(6)10/h1,3,6-7H,2,4H2/t6-,7+/m0/s1. The Hall–Kier alpha value is -1.12. The van der Waals surface area contributed by atoms with Crippen molar-refractivity contribution < 1.29 is 14.3 Å². The van der Waals surface area contributed by atoms with E-state index in [1.165, 1.54) is 0 Å². The second kappa shape index (κ2) is 2.19. The lowest BCUT2D eigenvalue weighted by Gasteiger charge is -2.02. The van der Waals surface area contributed by atoms with Crippen LogP contribution in [0.3, 0.4) is 0 Å². The Kier molecular flexibility index (Phi) is 1.31. The van der Waals surface area contributed by atoms with Gasteiger partial charge in [-0.05, 0) is 12.0 Å². The van der Waals surface area contributed by atoms with E-state index in [4.69, 9.17) is 4.74 Å². The van der Waals surface area contributed by atoms with Gasteiger partial charge in [0.05, 0.1) is 12.5 Å². The maximum atomic E-state index is 10.9. The molecule has 3 heteroatoms. The van der Waals surface area contributed by atoms with Crippen molar-refractivity contribution >= 4 is 12.3 Å². The number of fused-ring (bicyclic) bond motifs is 1. The smallest absolute Gasteiger partial charge is 0.310 e. The van der Waals surface area contributed by atoms with Crippen molar-refractivity contribution in [2.45, 2.75) is 6.42 Å². The molecule has 0 radical (unpaired) electrons. The Morgan fingerprint density at radius 2 is 2.36 bits per heavy atom. The molecule has 1 aliphatic carbocycles. The van der Waals surface area contributed by atoms with E-state index in [-0.39, 0.29) is 17.8 Å². The van der Waals surface area contributed by atoms with Crippen molar-refractivity contribution in [3.05, 3.63) is 11.6 Å². The molecule has 0 unspecified atom stereocenters. The molecular weight excluding hydrogens is 144 g/mol. The average molecular weight is 152 g/mol. The summed E-state index contributed by atoms with van der Waals surface area (Å²) >= 11 is 0. The van der Waals surface area contributed by atoms with Gasteiger partial charge in [0, 0.05) is 5.92 Å². The first kappa shape index (κ1) is 6.58. The number of aldehydes is 1. The van der Waals surface area contributed by atoms with Gasteiger partial charge < -0.3 is 4.74 Å². The first-order valence-corrected chi connectivity index (χ1v) is 3.65. The van der Waals surface area contributed by atoms with E-state index in [2.05, 4.69) is 0 Å². The highest BCUT2D eigenvalue weighted by molar-refractivity contribution is 5.83. The van der Waals surface area contributed by atoms with Crippen molar-refractivity contribution in [2.75, 3.05) is 6.61 Å². The van der Waals surface area contributed by atoms with Gasteiger partial charge in [0.25, 0.3) is 0 Å². The number of hydrogen-bond donors (Lipinski definition) is 0. The van der Waals surface area contributed by atoms with Crippen LogP contribution >= 0.6 is 0 Å². The predicted molar refractivity (Wildman–Crippen MR) is 36.7 cm³/mol. The lowest BCUT2D eigenvalue weighted by molar-refractivity contribution is -0.141. The lowest BCUT2D eigenvalue weighted by Crippen LogP contribution is -2.11. The molecule has 1 heterocycles. The number of allylic oxidation sites excluding steroid dienone is 1. The van der Waals surface area contributed by atoms with Crippen LogP contribution in [0.4, 0.5) is 0 Å². The Morgan fingerprint density at radius 3 is 3.09 bits per heavy atom. The topological polar surface area (TPSA) is 43.4 Å². The minimum atomic E-state index is -0.150. The first-order valence-electron chi connectivity index (χ1n) is 3.65. The third kappa shape index (κ3) is 0.803. The van der Waals surface area contributed by atoms with Crippen molar-refractivity contribution in [1.82, 2.24) is 0 Å². The molecule has 2 atom stereocenters. The number of hydrogen-bond acceptors (Lipinski definition) is 3. The zero-order chi connectivity index (χ0) is 7.84. The van der Waals surface area contributed by atoms with Crippen LogP contribution < -0.4 is 0 Å². The quantitative estimate of drug-likeness (QED) is 0.401. The van der Waals surface area contributed by atoms with E-state index in [0.717, 1.165) is 11.9 Å². The zero-order valence-corrected chi connectivity index (χ0v) is 5.95. The predicted octanol–water partition coefficient (Wildman–Crippen LogP) is 0.305. The molecule has 0 saturated carbocycles. The third-order valence-electron chi connectivity index (χ3n) is 2.37. The van der Waals surface area contributed by atoms with Crippen LogP contribution in [0.15, 0.2) is 11.6 Å². The second-order valence-corrected chi connectivity index (χ2v) is 2.90. The molecule has 0 aromatic rings. The van der Waals surface area contributed by atoms with Gasteiger partial charge >= 0.3 is 5.97 Å². The van der Waals surface area contributed by atoms with Crippen LogP contribution in [0.2, 0.25) is 0 Å². The molecule has 0 spiro atoms. The first-order chi connectivity index (χ1) is 5.33. The molecular formula is C8H8O3. The van der Waals surface area contributed by atoms with Crippen molar-refractivity contribution in [3.8, 4) is 0 Å². The van der Waals surface area contributed by atoms with E-state index in [1.807, 2.05) is 6.08 Å². The molecule has 1 fully saturated rings. The van der Waals surface area contributed by atoms with E-state index >= 15 is 0 Å². The summed E-state index contributed by atoms with van der Waals surface area (Å²) in [6, 6.07) is 0. The Bertz CT molecular complexity index is 242. The fraction of sp³-hybridized carbons (Fsp3) is 0.500. The highest BCUT2D eigenvalue weighted by Gasteiger charge is 2.41.